The average Bonchev–Trinajstić information content (AvgIpc) is 2.39. The van der Waals surface area contributed by atoms with Gasteiger partial charge in [-0.3, -0.25) is 4.31 Å². The molecular weight excluding hydrogens is 270 g/mol. The predicted molar refractivity (Wildman–Crippen MR) is 73.5 cm³/mol. The minimum atomic E-state index is -3.53. The summed E-state index contributed by atoms with van der Waals surface area (Å²) < 4.78 is 25.9. The third kappa shape index (κ3) is 2.49. The van der Waals surface area contributed by atoms with Crippen LogP contribution in [0.25, 0.3) is 0 Å². The average molecular weight is 282 g/mol. The van der Waals surface area contributed by atoms with Gasteiger partial charge in [0.2, 0.25) is 0 Å². The molecule has 0 aliphatic rings. The molecule has 2 rings (SSSR count). The molecule has 2 aromatic carbocycles. The summed E-state index contributed by atoms with van der Waals surface area (Å²) in [7, 11) is -2.03. The molecule has 0 bridgehead atoms. The fraction of sp³-hybridized carbons (Fsp3) is 0.0769. The summed E-state index contributed by atoms with van der Waals surface area (Å²) >= 11 is 5.86. The molecule has 0 atom stereocenters. The number of anilines is 1. The lowest BCUT2D eigenvalue weighted by molar-refractivity contribution is 0.594. The summed E-state index contributed by atoms with van der Waals surface area (Å²) in [6.45, 7) is 0. The van der Waals surface area contributed by atoms with E-state index in [1.54, 1.807) is 54.6 Å². The molecule has 18 heavy (non-hydrogen) atoms. The molecule has 3 nitrogen and oxygen atoms in total. The molecular formula is C13H12ClNO2S. The third-order valence-electron chi connectivity index (χ3n) is 2.57. The van der Waals surface area contributed by atoms with E-state index < -0.39 is 10.0 Å². The maximum absolute atomic E-state index is 12.3. The van der Waals surface area contributed by atoms with Crippen molar-refractivity contribution in [1.29, 1.82) is 0 Å². The summed E-state index contributed by atoms with van der Waals surface area (Å²) in [5.41, 5.74) is 0.534. The van der Waals surface area contributed by atoms with E-state index in [9.17, 15) is 8.42 Å². The molecule has 0 saturated carbocycles. The zero-order valence-electron chi connectivity index (χ0n) is 9.75. The van der Waals surface area contributed by atoms with E-state index in [-0.39, 0.29) is 4.90 Å². The topological polar surface area (TPSA) is 37.4 Å². The number of hydrogen-bond acceptors (Lipinski definition) is 2. The van der Waals surface area contributed by atoms with Gasteiger partial charge in [0.15, 0.2) is 0 Å². The lowest BCUT2D eigenvalue weighted by Crippen LogP contribution is -2.26. The monoisotopic (exact) mass is 281 g/mol. The van der Waals surface area contributed by atoms with Gasteiger partial charge in [-0.1, -0.05) is 35.9 Å². The number of nitrogens with zero attached hydrogens (tertiary/aromatic N) is 1. The van der Waals surface area contributed by atoms with E-state index in [2.05, 4.69) is 0 Å². The maximum Gasteiger partial charge on any atom is 0.264 e. The Morgan fingerprint density at radius 1 is 1.00 bits per heavy atom. The molecule has 0 heterocycles. The van der Waals surface area contributed by atoms with Crippen LogP contribution in [-0.4, -0.2) is 15.5 Å². The molecule has 0 aliphatic heterocycles. The van der Waals surface area contributed by atoms with Gasteiger partial charge in [0.05, 0.1) is 10.6 Å². The van der Waals surface area contributed by atoms with Gasteiger partial charge >= 0.3 is 0 Å². The van der Waals surface area contributed by atoms with Crippen LogP contribution in [0, 0.1) is 0 Å². The van der Waals surface area contributed by atoms with Crippen molar-refractivity contribution < 1.29 is 8.42 Å². The van der Waals surface area contributed by atoms with E-state index in [0.717, 1.165) is 0 Å². The van der Waals surface area contributed by atoms with Crippen molar-refractivity contribution in [2.45, 2.75) is 4.90 Å². The van der Waals surface area contributed by atoms with Crippen LogP contribution < -0.4 is 4.31 Å². The van der Waals surface area contributed by atoms with Crippen molar-refractivity contribution in [2.24, 2.45) is 0 Å². The van der Waals surface area contributed by atoms with Crippen LogP contribution in [0.3, 0.4) is 0 Å². The van der Waals surface area contributed by atoms with Crippen LogP contribution in [0.1, 0.15) is 0 Å². The van der Waals surface area contributed by atoms with E-state index in [1.807, 2.05) is 0 Å². The Labute approximate surface area is 112 Å². The Bertz CT molecular complexity index is 641. The van der Waals surface area contributed by atoms with E-state index in [0.29, 0.717) is 10.7 Å². The van der Waals surface area contributed by atoms with Gasteiger partial charge in [-0.15, -0.1) is 0 Å². The highest BCUT2D eigenvalue weighted by molar-refractivity contribution is 7.92. The molecule has 0 aliphatic carbocycles. The zero-order valence-corrected chi connectivity index (χ0v) is 11.3. The highest BCUT2D eigenvalue weighted by Gasteiger charge is 2.20. The molecule has 0 amide bonds. The Morgan fingerprint density at radius 3 is 2.28 bits per heavy atom. The van der Waals surface area contributed by atoms with E-state index >= 15 is 0 Å². The Hall–Kier alpha value is -1.52. The Kier molecular flexibility index (Phi) is 3.59. The molecule has 5 heteroatoms. The first-order valence-electron chi connectivity index (χ1n) is 5.31. The number of benzene rings is 2. The number of rotatable bonds is 3. The molecule has 0 N–H and O–H groups in total. The predicted octanol–water partition coefficient (Wildman–Crippen LogP) is 3.17. The third-order valence-corrected chi connectivity index (χ3v) is 4.61. The minimum Gasteiger partial charge on any atom is -0.269 e. The van der Waals surface area contributed by atoms with Crippen LogP contribution in [0.5, 0.6) is 0 Å². The van der Waals surface area contributed by atoms with Crippen LogP contribution in [-0.2, 0) is 10.0 Å². The normalized spacial score (nSPS) is 11.2. The standard InChI is InChI=1S/C13H12ClNO2S/c1-15(12-7-5-6-11(14)10-12)18(16,17)13-8-3-2-4-9-13/h2-10H,1H3. The van der Waals surface area contributed by atoms with Crippen molar-refractivity contribution in [3.05, 3.63) is 59.6 Å². The van der Waals surface area contributed by atoms with Crippen molar-refractivity contribution in [3.63, 3.8) is 0 Å². The summed E-state index contributed by atoms with van der Waals surface area (Å²) in [5, 5.41) is 0.502. The van der Waals surface area contributed by atoms with Crippen molar-refractivity contribution in [2.75, 3.05) is 11.4 Å². The first-order valence-corrected chi connectivity index (χ1v) is 7.13. The molecule has 0 fully saturated rings. The van der Waals surface area contributed by atoms with Gasteiger partial charge < -0.3 is 0 Å². The second kappa shape index (κ2) is 5.00. The number of halogens is 1. The van der Waals surface area contributed by atoms with Crippen molar-refractivity contribution in [3.8, 4) is 0 Å². The van der Waals surface area contributed by atoms with Gasteiger partial charge in [-0.2, -0.15) is 0 Å². The van der Waals surface area contributed by atoms with Crippen molar-refractivity contribution >= 4 is 27.3 Å². The quantitative estimate of drug-likeness (QED) is 0.867. The molecule has 0 radical (unpaired) electrons. The zero-order chi connectivity index (χ0) is 13.2. The molecule has 2 aromatic rings. The van der Waals surface area contributed by atoms with Gasteiger partial charge in [-0.05, 0) is 30.3 Å². The highest BCUT2D eigenvalue weighted by atomic mass is 35.5. The highest BCUT2D eigenvalue weighted by Crippen LogP contribution is 2.24. The lowest BCUT2D eigenvalue weighted by atomic mass is 10.3. The van der Waals surface area contributed by atoms with E-state index in [4.69, 9.17) is 11.6 Å². The summed E-state index contributed by atoms with van der Waals surface area (Å²) in [6, 6.07) is 15.0. The largest absolute Gasteiger partial charge is 0.269 e. The molecule has 0 unspecified atom stereocenters. The second-order valence-electron chi connectivity index (χ2n) is 3.77. The number of hydrogen-bond donors (Lipinski definition) is 0. The summed E-state index contributed by atoms with van der Waals surface area (Å²) in [6.07, 6.45) is 0. The molecule has 0 spiro atoms. The first kappa shape index (κ1) is 12.9. The number of sulfonamides is 1. The second-order valence-corrected chi connectivity index (χ2v) is 6.17. The van der Waals surface area contributed by atoms with Crippen LogP contribution in [0.4, 0.5) is 5.69 Å². The van der Waals surface area contributed by atoms with Crippen LogP contribution >= 0.6 is 11.6 Å². The van der Waals surface area contributed by atoms with Crippen molar-refractivity contribution in [1.82, 2.24) is 0 Å². The van der Waals surface area contributed by atoms with Gasteiger partial charge in [0.25, 0.3) is 10.0 Å². The van der Waals surface area contributed by atoms with Gasteiger partial charge in [0, 0.05) is 12.1 Å². The van der Waals surface area contributed by atoms with Crippen LogP contribution in [0.15, 0.2) is 59.5 Å². The smallest absolute Gasteiger partial charge is 0.264 e. The van der Waals surface area contributed by atoms with Gasteiger partial charge in [-0.25, -0.2) is 8.42 Å². The maximum atomic E-state index is 12.3. The molecule has 0 saturated heterocycles. The Morgan fingerprint density at radius 2 is 1.67 bits per heavy atom. The molecule has 94 valence electrons. The Balaban J connectivity index is 2.43. The summed E-state index contributed by atoms with van der Waals surface area (Å²) in [5.74, 6) is 0. The SMILES string of the molecule is CN(c1cccc(Cl)c1)S(=O)(=O)c1ccccc1. The van der Waals surface area contributed by atoms with E-state index in [1.165, 1.54) is 11.4 Å². The minimum absolute atomic E-state index is 0.257. The molecule has 0 aromatic heterocycles. The van der Waals surface area contributed by atoms with Crippen LogP contribution in [0.2, 0.25) is 5.02 Å². The van der Waals surface area contributed by atoms with Gasteiger partial charge in [0.1, 0.15) is 0 Å². The summed E-state index contributed by atoms with van der Waals surface area (Å²) in [4.78, 5) is 0.257. The first-order chi connectivity index (χ1) is 8.51. The fourth-order valence-corrected chi connectivity index (χ4v) is 2.95. The fourth-order valence-electron chi connectivity index (χ4n) is 1.56. The lowest BCUT2D eigenvalue weighted by Gasteiger charge is -2.19.